The van der Waals surface area contributed by atoms with Crippen molar-refractivity contribution in [1.82, 2.24) is 9.97 Å². The third-order valence-electron chi connectivity index (χ3n) is 4.06. The first-order valence-electron chi connectivity index (χ1n) is 8.17. The summed E-state index contributed by atoms with van der Waals surface area (Å²) in [5.74, 6) is 2.84. The van der Waals surface area contributed by atoms with Gasteiger partial charge in [0.1, 0.15) is 23.7 Å². The number of fused-ring (bicyclic) bond motifs is 1. The zero-order chi connectivity index (χ0) is 17.1. The number of hydrogen-bond donors (Lipinski definition) is 1. The summed E-state index contributed by atoms with van der Waals surface area (Å²) in [7, 11) is 0. The highest BCUT2D eigenvalue weighted by Gasteiger charge is 2.16. The molecule has 0 bridgehead atoms. The number of anilines is 2. The molecular weight excluding hydrogens is 324 g/mol. The highest BCUT2D eigenvalue weighted by atomic mass is 16.7. The minimum Gasteiger partial charge on any atom is -0.484 e. The molecule has 1 fully saturated rings. The second-order valence-corrected chi connectivity index (χ2v) is 5.81. The van der Waals surface area contributed by atoms with Gasteiger partial charge in [-0.05, 0) is 25.0 Å². The molecule has 0 aliphatic carbocycles. The van der Waals surface area contributed by atoms with Gasteiger partial charge in [0.2, 0.25) is 6.79 Å². The first-order valence-corrected chi connectivity index (χ1v) is 8.17. The Morgan fingerprint density at radius 2 is 2.00 bits per heavy atom. The van der Waals surface area contributed by atoms with Crippen LogP contribution in [0.2, 0.25) is 0 Å². The Kier molecular flexibility index (Phi) is 4.24. The van der Waals surface area contributed by atoms with Gasteiger partial charge in [-0.25, -0.2) is 9.97 Å². The molecule has 25 heavy (non-hydrogen) atoms. The fourth-order valence-electron chi connectivity index (χ4n) is 2.83. The van der Waals surface area contributed by atoms with Gasteiger partial charge in [0.05, 0.1) is 0 Å². The minimum atomic E-state index is -0.288. The average Bonchev–Trinajstić information content (AvgIpc) is 3.31. The molecule has 0 spiro atoms. The molecule has 1 aromatic carbocycles. The lowest BCUT2D eigenvalue weighted by atomic mass is 10.3. The summed E-state index contributed by atoms with van der Waals surface area (Å²) >= 11 is 0. The van der Waals surface area contributed by atoms with Crippen LogP contribution in [0, 0.1) is 0 Å². The second-order valence-electron chi connectivity index (χ2n) is 5.81. The molecule has 8 nitrogen and oxygen atoms in total. The number of amides is 1. The Balaban J connectivity index is 1.33. The average molecular weight is 342 g/mol. The van der Waals surface area contributed by atoms with Crippen molar-refractivity contribution in [2.75, 3.05) is 36.7 Å². The van der Waals surface area contributed by atoms with Gasteiger partial charge >= 0.3 is 0 Å². The van der Waals surface area contributed by atoms with Crippen LogP contribution in [0.4, 0.5) is 11.6 Å². The van der Waals surface area contributed by atoms with E-state index in [-0.39, 0.29) is 19.3 Å². The van der Waals surface area contributed by atoms with Crippen molar-refractivity contribution in [3.05, 3.63) is 30.6 Å². The molecule has 2 aliphatic rings. The summed E-state index contributed by atoms with van der Waals surface area (Å²) in [5.41, 5.74) is 0. The summed E-state index contributed by atoms with van der Waals surface area (Å²) in [5, 5.41) is 2.73. The van der Waals surface area contributed by atoms with Crippen LogP contribution in [0.5, 0.6) is 17.2 Å². The van der Waals surface area contributed by atoms with Crippen molar-refractivity contribution in [2.24, 2.45) is 0 Å². The van der Waals surface area contributed by atoms with E-state index in [1.165, 1.54) is 6.33 Å². The van der Waals surface area contributed by atoms with Gasteiger partial charge in [-0.1, -0.05) is 0 Å². The van der Waals surface area contributed by atoms with Crippen LogP contribution in [0.15, 0.2) is 30.6 Å². The van der Waals surface area contributed by atoms with E-state index in [0.717, 1.165) is 31.7 Å². The molecule has 0 atom stereocenters. The van der Waals surface area contributed by atoms with Crippen LogP contribution in [0.25, 0.3) is 0 Å². The molecule has 0 radical (unpaired) electrons. The van der Waals surface area contributed by atoms with E-state index < -0.39 is 0 Å². The van der Waals surface area contributed by atoms with E-state index >= 15 is 0 Å². The fourth-order valence-corrected chi connectivity index (χ4v) is 2.83. The van der Waals surface area contributed by atoms with Gasteiger partial charge in [-0.2, -0.15) is 0 Å². The maximum Gasteiger partial charge on any atom is 0.263 e. The summed E-state index contributed by atoms with van der Waals surface area (Å²) < 4.78 is 16.0. The number of carbonyl (C=O) groups is 1. The third kappa shape index (κ3) is 3.57. The van der Waals surface area contributed by atoms with Gasteiger partial charge in [0.25, 0.3) is 5.91 Å². The Bertz CT molecular complexity index is 777. The predicted octanol–water partition coefficient (Wildman–Crippen LogP) is 1.82. The Morgan fingerprint density at radius 3 is 2.88 bits per heavy atom. The van der Waals surface area contributed by atoms with Crippen LogP contribution >= 0.6 is 0 Å². The lowest BCUT2D eigenvalue weighted by Crippen LogP contribution is -2.22. The molecule has 8 heteroatoms. The van der Waals surface area contributed by atoms with Gasteiger partial charge in [0.15, 0.2) is 18.1 Å². The number of hydrogen-bond acceptors (Lipinski definition) is 7. The fraction of sp³-hybridized carbons (Fsp3) is 0.353. The lowest BCUT2D eigenvalue weighted by Gasteiger charge is -2.16. The standard InChI is InChI=1S/C17H18N4O4/c22-17(9-23-12-3-4-13-14(7-12)25-11-24-13)20-15-8-16(19-10-18-15)21-5-1-2-6-21/h3-4,7-8,10H,1-2,5-6,9,11H2,(H,18,19,20,22). The normalized spacial score (nSPS) is 15.3. The molecule has 3 heterocycles. The van der Waals surface area contributed by atoms with E-state index in [4.69, 9.17) is 14.2 Å². The van der Waals surface area contributed by atoms with Gasteiger partial charge in [-0.3, -0.25) is 4.79 Å². The first kappa shape index (κ1) is 15.5. The number of rotatable bonds is 5. The zero-order valence-corrected chi connectivity index (χ0v) is 13.6. The second kappa shape index (κ2) is 6.84. The predicted molar refractivity (Wildman–Crippen MR) is 90.2 cm³/mol. The van der Waals surface area contributed by atoms with Crippen LogP contribution in [-0.4, -0.2) is 42.4 Å². The van der Waals surface area contributed by atoms with Crippen LogP contribution in [-0.2, 0) is 4.79 Å². The topological polar surface area (TPSA) is 85.8 Å². The number of aromatic nitrogens is 2. The summed E-state index contributed by atoms with van der Waals surface area (Å²) in [6, 6.07) is 6.97. The van der Waals surface area contributed by atoms with Gasteiger partial charge < -0.3 is 24.4 Å². The first-order chi connectivity index (χ1) is 12.3. The summed E-state index contributed by atoms with van der Waals surface area (Å²) in [6.45, 7) is 2.05. The maximum atomic E-state index is 12.1. The van der Waals surface area contributed by atoms with E-state index in [9.17, 15) is 4.79 Å². The van der Waals surface area contributed by atoms with Crippen molar-refractivity contribution in [1.29, 1.82) is 0 Å². The third-order valence-corrected chi connectivity index (χ3v) is 4.06. The van der Waals surface area contributed by atoms with E-state index in [2.05, 4.69) is 20.2 Å². The van der Waals surface area contributed by atoms with Crippen LogP contribution in [0.1, 0.15) is 12.8 Å². The number of nitrogens with one attached hydrogen (secondary N) is 1. The number of ether oxygens (including phenoxy) is 3. The Labute approximate surface area is 144 Å². The van der Waals surface area contributed by atoms with Crippen LogP contribution < -0.4 is 24.4 Å². The molecule has 1 aromatic heterocycles. The van der Waals surface area contributed by atoms with Crippen molar-refractivity contribution in [3.8, 4) is 17.2 Å². The molecule has 130 valence electrons. The number of benzene rings is 1. The molecule has 0 unspecified atom stereocenters. The molecule has 4 rings (SSSR count). The monoisotopic (exact) mass is 342 g/mol. The molecule has 2 aromatic rings. The maximum absolute atomic E-state index is 12.1. The largest absolute Gasteiger partial charge is 0.484 e. The van der Waals surface area contributed by atoms with E-state index in [1.807, 2.05) is 0 Å². The van der Waals surface area contributed by atoms with E-state index in [1.54, 1.807) is 24.3 Å². The summed E-state index contributed by atoms with van der Waals surface area (Å²) in [4.78, 5) is 22.6. The van der Waals surface area contributed by atoms with Gasteiger partial charge in [0, 0.05) is 25.2 Å². The molecular formula is C17H18N4O4. The number of nitrogens with zero attached hydrogens (tertiary/aromatic N) is 3. The van der Waals surface area contributed by atoms with Gasteiger partial charge in [-0.15, -0.1) is 0 Å². The quantitative estimate of drug-likeness (QED) is 0.887. The molecule has 2 aliphatic heterocycles. The molecule has 1 saturated heterocycles. The smallest absolute Gasteiger partial charge is 0.263 e. The Hall–Kier alpha value is -3.03. The zero-order valence-electron chi connectivity index (χ0n) is 13.6. The highest BCUT2D eigenvalue weighted by Crippen LogP contribution is 2.35. The number of carbonyl (C=O) groups excluding carboxylic acids is 1. The Morgan fingerprint density at radius 1 is 1.16 bits per heavy atom. The van der Waals surface area contributed by atoms with Crippen molar-refractivity contribution in [3.63, 3.8) is 0 Å². The van der Waals surface area contributed by atoms with Crippen LogP contribution in [0.3, 0.4) is 0 Å². The SMILES string of the molecule is O=C(COc1ccc2c(c1)OCO2)Nc1cc(N2CCCC2)ncn1. The highest BCUT2D eigenvalue weighted by molar-refractivity contribution is 5.91. The lowest BCUT2D eigenvalue weighted by molar-refractivity contribution is -0.118. The summed E-state index contributed by atoms with van der Waals surface area (Å²) in [6.07, 6.45) is 3.78. The minimum absolute atomic E-state index is 0.122. The van der Waals surface area contributed by atoms with E-state index in [0.29, 0.717) is 23.1 Å². The molecule has 0 saturated carbocycles. The molecule has 1 amide bonds. The van der Waals surface area contributed by atoms with Crippen molar-refractivity contribution < 1.29 is 19.0 Å². The van der Waals surface area contributed by atoms with Crippen molar-refractivity contribution in [2.45, 2.75) is 12.8 Å². The van der Waals surface area contributed by atoms with Crippen molar-refractivity contribution >= 4 is 17.5 Å². The molecule has 1 N–H and O–H groups in total.